The summed E-state index contributed by atoms with van der Waals surface area (Å²) in [6, 6.07) is 1.43. The Kier molecular flexibility index (Phi) is 5.50. The lowest BCUT2D eigenvalue weighted by atomic mass is 10.1. The molecule has 0 aromatic carbocycles. The Morgan fingerprint density at radius 3 is 2.78 bits per heavy atom. The van der Waals surface area contributed by atoms with E-state index in [4.69, 9.17) is 9.47 Å². The van der Waals surface area contributed by atoms with Crippen LogP contribution in [0.3, 0.4) is 0 Å². The monoisotopic (exact) mass is 256 g/mol. The molecule has 5 heteroatoms. The third kappa shape index (κ3) is 4.58. The minimum absolute atomic E-state index is 0.233. The van der Waals surface area contributed by atoms with E-state index in [0.717, 1.165) is 12.6 Å². The van der Waals surface area contributed by atoms with Crippen LogP contribution in [0.25, 0.3) is 0 Å². The molecule has 1 aromatic heterocycles. The molecule has 0 aliphatic heterocycles. The number of rotatable bonds is 7. The number of hydrogen-bond acceptors (Lipinski definition) is 4. The van der Waals surface area contributed by atoms with Crippen LogP contribution in [0.4, 0.5) is 4.39 Å². The molecule has 1 heterocycles. The van der Waals surface area contributed by atoms with E-state index in [1.54, 1.807) is 14.2 Å². The van der Waals surface area contributed by atoms with Crippen molar-refractivity contribution in [2.45, 2.75) is 32.4 Å². The Hall–Kier alpha value is -1.20. The van der Waals surface area contributed by atoms with Gasteiger partial charge in [0.1, 0.15) is 5.82 Å². The Morgan fingerprint density at radius 1 is 1.44 bits per heavy atom. The molecule has 0 atom stereocenters. The predicted molar refractivity (Wildman–Crippen MR) is 68.2 cm³/mol. The summed E-state index contributed by atoms with van der Waals surface area (Å²) >= 11 is 0. The predicted octanol–water partition coefficient (Wildman–Crippen LogP) is 2.13. The molecule has 1 aromatic rings. The highest BCUT2D eigenvalue weighted by Gasteiger charge is 2.16. The molecule has 1 N–H and O–H groups in total. The molecule has 0 unspecified atom stereocenters. The van der Waals surface area contributed by atoms with Crippen LogP contribution in [0.15, 0.2) is 12.3 Å². The molecule has 0 amide bonds. The van der Waals surface area contributed by atoms with Crippen LogP contribution < -0.4 is 10.1 Å². The molecular weight excluding hydrogens is 235 g/mol. The number of aromatic nitrogens is 1. The van der Waals surface area contributed by atoms with E-state index < -0.39 is 0 Å². The summed E-state index contributed by atoms with van der Waals surface area (Å²) in [6.45, 7) is 4.98. The van der Waals surface area contributed by atoms with Gasteiger partial charge in [-0.05, 0) is 27.0 Å². The second-order valence-corrected chi connectivity index (χ2v) is 4.71. The van der Waals surface area contributed by atoms with Crippen molar-refractivity contribution < 1.29 is 13.9 Å². The van der Waals surface area contributed by atoms with Gasteiger partial charge >= 0.3 is 0 Å². The SMILES string of the molecule is CNCc1cc(F)cnc1OCCC(C)(C)OC. The number of nitrogens with zero attached hydrogens (tertiary/aromatic N) is 1. The van der Waals surface area contributed by atoms with E-state index >= 15 is 0 Å². The smallest absolute Gasteiger partial charge is 0.218 e. The van der Waals surface area contributed by atoms with E-state index in [2.05, 4.69) is 10.3 Å². The average Bonchev–Trinajstić information content (AvgIpc) is 2.32. The maximum Gasteiger partial charge on any atom is 0.218 e. The van der Waals surface area contributed by atoms with E-state index in [0.29, 0.717) is 24.6 Å². The van der Waals surface area contributed by atoms with Gasteiger partial charge in [-0.1, -0.05) is 0 Å². The first-order chi connectivity index (χ1) is 8.48. The van der Waals surface area contributed by atoms with E-state index in [1.807, 2.05) is 13.8 Å². The summed E-state index contributed by atoms with van der Waals surface area (Å²) in [7, 11) is 3.46. The zero-order chi connectivity index (χ0) is 13.6. The largest absolute Gasteiger partial charge is 0.477 e. The second-order valence-electron chi connectivity index (χ2n) is 4.71. The van der Waals surface area contributed by atoms with Gasteiger partial charge in [0.2, 0.25) is 5.88 Å². The minimum Gasteiger partial charge on any atom is -0.477 e. The van der Waals surface area contributed by atoms with Gasteiger partial charge in [-0.3, -0.25) is 0 Å². The first kappa shape index (κ1) is 14.9. The molecule has 0 fully saturated rings. The molecule has 4 nitrogen and oxygen atoms in total. The van der Waals surface area contributed by atoms with Crippen LogP contribution in [0, 0.1) is 5.82 Å². The molecule has 0 saturated heterocycles. The summed E-state index contributed by atoms with van der Waals surface area (Å²) < 4.78 is 24.0. The zero-order valence-corrected chi connectivity index (χ0v) is 11.4. The van der Waals surface area contributed by atoms with Gasteiger partial charge < -0.3 is 14.8 Å². The summed E-state index contributed by atoms with van der Waals surface area (Å²) in [5, 5.41) is 2.96. The molecular formula is C13H21FN2O2. The quantitative estimate of drug-likeness (QED) is 0.811. The van der Waals surface area contributed by atoms with Gasteiger partial charge in [0.25, 0.3) is 0 Å². The van der Waals surface area contributed by atoms with Crippen LogP contribution in [0.5, 0.6) is 5.88 Å². The first-order valence-electron chi connectivity index (χ1n) is 5.95. The van der Waals surface area contributed by atoms with Gasteiger partial charge in [-0.25, -0.2) is 9.37 Å². The zero-order valence-electron chi connectivity index (χ0n) is 11.4. The third-order valence-corrected chi connectivity index (χ3v) is 2.75. The van der Waals surface area contributed by atoms with Gasteiger partial charge in [0.05, 0.1) is 18.4 Å². The molecule has 0 aliphatic carbocycles. The standard InChI is InChI=1S/C13H21FN2O2/c1-13(2,17-4)5-6-18-12-10(8-15-3)7-11(14)9-16-12/h7,9,15H,5-6,8H2,1-4H3. The summed E-state index contributed by atoms with van der Waals surface area (Å²) in [5.74, 6) is 0.113. The minimum atomic E-state index is -0.357. The van der Waals surface area contributed by atoms with Crippen LogP contribution in [-0.2, 0) is 11.3 Å². The summed E-state index contributed by atoms with van der Waals surface area (Å²) in [6.07, 6.45) is 1.90. The second kappa shape index (κ2) is 6.66. The van der Waals surface area contributed by atoms with Crippen LogP contribution in [-0.4, -0.2) is 31.3 Å². The maximum atomic E-state index is 13.1. The van der Waals surface area contributed by atoms with Gasteiger partial charge in [-0.15, -0.1) is 0 Å². The molecule has 18 heavy (non-hydrogen) atoms. The highest BCUT2D eigenvalue weighted by atomic mass is 19.1. The Labute approximate surface area is 108 Å². The van der Waals surface area contributed by atoms with Crippen molar-refractivity contribution >= 4 is 0 Å². The number of nitrogens with one attached hydrogen (secondary N) is 1. The first-order valence-corrected chi connectivity index (χ1v) is 5.95. The Bertz CT molecular complexity index is 383. The number of ether oxygens (including phenoxy) is 2. The molecule has 0 radical (unpaired) electrons. The van der Waals surface area contributed by atoms with Crippen molar-refractivity contribution in [3.63, 3.8) is 0 Å². The number of halogens is 1. The third-order valence-electron chi connectivity index (χ3n) is 2.75. The topological polar surface area (TPSA) is 43.4 Å². The number of pyridine rings is 1. The van der Waals surface area contributed by atoms with Gasteiger partial charge in [-0.2, -0.15) is 0 Å². The molecule has 1 rings (SSSR count). The van der Waals surface area contributed by atoms with Gasteiger partial charge in [0, 0.05) is 25.6 Å². The molecule has 0 bridgehead atoms. The van der Waals surface area contributed by atoms with Crippen molar-refractivity contribution in [2.24, 2.45) is 0 Å². The fourth-order valence-corrected chi connectivity index (χ4v) is 1.41. The molecule has 102 valence electrons. The highest BCUT2D eigenvalue weighted by molar-refractivity contribution is 5.26. The van der Waals surface area contributed by atoms with Crippen molar-refractivity contribution in [1.29, 1.82) is 0 Å². The molecule has 0 spiro atoms. The van der Waals surface area contributed by atoms with Crippen LogP contribution in [0.2, 0.25) is 0 Å². The van der Waals surface area contributed by atoms with E-state index in [-0.39, 0.29) is 11.4 Å². The van der Waals surface area contributed by atoms with Crippen LogP contribution in [0.1, 0.15) is 25.8 Å². The summed E-state index contributed by atoms with van der Waals surface area (Å²) in [4.78, 5) is 3.96. The fraction of sp³-hybridized carbons (Fsp3) is 0.615. The Balaban J connectivity index is 2.61. The average molecular weight is 256 g/mol. The lowest BCUT2D eigenvalue weighted by Crippen LogP contribution is -2.25. The van der Waals surface area contributed by atoms with E-state index in [9.17, 15) is 4.39 Å². The normalized spacial score (nSPS) is 11.6. The maximum absolute atomic E-state index is 13.1. The van der Waals surface area contributed by atoms with Crippen molar-refractivity contribution in [3.05, 3.63) is 23.6 Å². The van der Waals surface area contributed by atoms with Crippen LogP contribution >= 0.6 is 0 Å². The highest BCUT2D eigenvalue weighted by Crippen LogP contribution is 2.18. The molecule has 0 saturated carbocycles. The fourth-order valence-electron chi connectivity index (χ4n) is 1.41. The number of hydrogen-bond donors (Lipinski definition) is 1. The summed E-state index contributed by atoms with van der Waals surface area (Å²) in [5.41, 5.74) is 0.483. The lowest BCUT2D eigenvalue weighted by Gasteiger charge is -2.22. The molecule has 0 aliphatic rings. The lowest BCUT2D eigenvalue weighted by molar-refractivity contribution is 0.00497. The van der Waals surface area contributed by atoms with Gasteiger partial charge in [0.15, 0.2) is 0 Å². The number of methoxy groups -OCH3 is 1. The van der Waals surface area contributed by atoms with Crippen molar-refractivity contribution in [3.8, 4) is 5.88 Å². The van der Waals surface area contributed by atoms with Crippen molar-refractivity contribution in [1.82, 2.24) is 10.3 Å². The Morgan fingerprint density at radius 2 is 2.17 bits per heavy atom. The van der Waals surface area contributed by atoms with E-state index in [1.165, 1.54) is 6.07 Å². The van der Waals surface area contributed by atoms with Crippen molar-refractivity contribution in [2.75, 3.05) is 20.8 Å².